The Morgan fingerprint density at radius 2 is 1.75 bits per heavy atom. The molecule has 0 aliphatic heterocycles. The average Bonchev–Trinajstić information content (AvgIpc) is 2.41. The first-order valence-corrected chi connectivity index (χ1v) is 7.74. The first-order valence-electron chi connectivity index (χ1n) is 6.26. The van der Waals surface area contributed by atoms with Gasteiger partial charge in [0.1, 0.15) is 0 Å². The number of benzene rings is 2. The van der Waals surface area contributed by atoms with Gasteiger partial charge in [0, 0.05) is 5.69 Å². The van der Waals surface area contributed by atoms with Crippen molar-refractivity contribution in [2.45, 2.75) is 24.8 Å². The number of rotatable bonds is 4. The summed E-state index contributed by atoms with van der Waals surface area (Å²) in [6.07, 6.45) is -0.704. The molecule has 1 atom stereocenters. The predicted octanol–water partition coefficient (Wildman–Crippen LogP) is 2.85. The zero-order valence-corrected chi connectivity index (χ0v) is 12.2. The second kappa shape index (κ2) is 5.64. The summed E-state index contributed by atoms with van der Waals surface area (Å²) in [5.74, 6) is 0. The van der Waals surface area contributed by atoms with E-state index in [1.807, 2.05) is 19.1 Å². The van der Waals surface area contributed by atoms with Crippen molar-refractivity contribution in [1.29, 1.82) is 0 Å². The highest BCUT2D eigenvalue weighted by Crippen LogP contribution is 2.20. The summed E-state index contributed by atoms with van der Waals surface area (Å²) >= 11 is 0. The first kappa shape index (κ1) is 14.6. The van der Waals surface area contributed by atoms with Gasteiger partial charge >= 0.3 is 0 Å². The van der Waals surface area contributed by atoms with E-state index in [4.69, 9.17) is 0 Å². The molecule has 2 rings (SSSR count). The molecule has 0 aliphatic rings. The maximum Gasteiger partial charge on any atom is 0.261 e. The topological polar surface area (TPSA) is 66.4 Å². The lowest BCUT2D eigenvalue weighted by atomic mass is 10.1. The van der Waals surface area contributed by atoms with Gasteiger partial charge in [-0.05, 0) is 43.7 Å². The van der Waals surface area contributed by atoms with E-state index in [2.05, 4.69) is 4.72 Å². The van der Waals surface area contributed by atoms with Crippen molar-refractivity contribution in [2.24, 2.45) is 0 Å². The summed E-state index contributed by atoms with van der Waals surface area (Å²) < 4.78 is 27.1. The molecule has 0 radical (unpaired) electrons. The molecule has 0 spiro atoms. The highest BCUT2D eigenvalue weighted by molar-refractivity contribution is 7.92. The third kappa shape index (κ3) is 3.37. The molecule has 106 valence electrons. The maximum atomic E-state index is 12.3. The number of nitrogens with one attached hydrogen (secondary N) is 1. The van der Waals surface area contributed by atoms with E-state index >= 15 is 0 Å². The van der Waals surface area contributed by atoms with Crippen LogP contribution in [0.1, 0.15) is 24.2 Å². The molecule has 2 N–H and O–H groups in total. The standard InChI is InChI=1S/C15H17NO3S/c1-11-6-8-14(9-7-11)16-20(18,19)15-5-3-4-13(10-15)12(2)17/h3-10,12,16-17H,1-2H3. The van der Waals surface area contributed by atoms with Crippen LogP contribution in [0.2, 0.25) is 0 Å². The van der Waals surface area contributed by atoms with Crippen LogP contribution >= 0.6 is 0 Å². The third-order valence-electron chi connectivity index (χ3n) is 2.95. The molecule has 0 heterocycles. The van der Waals surface area contributed by atoms with Crippen LogP contribution in [0.4, 0.5) is 5.69 Å². The van der Waals surface area contributed by atoms with Crippen molar-refractivity contribution in [3.8, 4) is 0 Å². The lowest BCUT2D eigenvalue weighted by Crippen LogP contribution is -2.13. The highest BCUT2D eigenvalue weighted by atomic mass is 32.2. The van der Waals surface area contributed by atoms with Crippen LogP contribution in [-0.4, -0.2) is 13.5 Å². The Morgan fingerprint density at radius 1 is 1.10 bits per heavy atom. The Kier molecular flexibility index (Phi) is 4.11. The molecule has 0 amide bonds. The van der Waals surface area contributed by atoms with Crippen molar-refractivity contribution in [3.63, 3.8) is 0 Å². The van der Waals surface area contributed by atoms with Crippen molar-refractivity contribution < 1.29 is 13.5 Å². The van der Waals surface area contributed by atoms with E-state index in [-0.39, 0.29) is 4.90 Å². The van der Waals surface area contributed by atoms with Crippen molar-refractivity contribution in [3.05, 3.63) is 59.7 Å². The van der Waals surface area contributed by atoms with Crippen LogP contribution in [0.3, 0.4) is 0 Å². The molecule has 1 unspecified atom stereocenters. The van der Waals surface area contributed by atoms with Crippen molar-refractivity contribution in [1.82, 2.24) is 0 Å². The lowest BCUT2D eigenvalue weighted by Gasteiger charge is -2.10. The predicted molar refractivity (Wildman–Crippen MR) is 79.1 cm³/mol. The fraction of sp³-hybridized carbons (Fsp3) is 0.200. The molecule has 2 aromatic rings. The molecular weight excluding hydrogens is 274 g/mol. The van der Waals surface area contributed by atoms with Crippen LogP contribution in [0.5, 0.6) is 0 Å². The van der Waals surface area contributed by atoms with E-state index in [9.17, 15) is 13.5 Å². The van der Waals surface area contributed by atoms with Gasteiger partial charge in [-0.3, -0.25) is 4.72 Å². The molecule has 0 saturated heterocycles. The summed E-state index contributed by atoms with van der Waals surface area (Å²) in [6, 6.07) is 13.4. The van der Waals surface area contributed by atoms with E-state index in [1.165, 1.54) is 12.1 Å². The Balaban J connectivity index is 2.30. The molecule has 0 bridgehead atoms. The number of aryl methyl sites for hydroxylation is 1. The van der Waals surface area contributed by atoms with Crippen LogP contribution in [0.25, 0.3) is 0 Å². The number of aliphatic hydroxyl groups excluding tert-OH is 1. The number of hydrogen-bond donors (Lipinski definition) is 2. The van der Waals surface area contributed by atoms with Crippen LogP contribution in [-0.2, 0) is 10.0 Å². The van der Waals surface area contributed by atoms with Gasteiger partial charge in [-0.2, -0.15) is 0 Å². The number of sulfonamides is 1. The summed E-state index contributed by atoms with van der Waals surface area (Å²) in [5.41, 5.74) is 2.14. The second-order valence-corrected chi connectivity index (χ2v) is 6.40. The number of aliphatic hydroxyl groups is 1. The van der Waals surface area contributed by atoms with Crippen LogP contribution in [0.15, 0.2) is 53.4 Å². The summed E-state index contributed by atoms with van der Waals surface area (Å²) in [6.45, 7) is 3.53. The second-order valence-electron chi connectivity index (χ2n) is 4.72. The van der Waals surface area contributed by atoms with E-state index < -0.39 is 16.1 Å². The van der Waals surface area contributed by atoms with Gasteiger partial charge in [0.25, 0.3) is 10.0 Å². The molecule has 0 aliphatic carbocycles. The molecule has 20 heavy (non-hydrogen) atoms. The monoisotopic (exact) mass is 291 g/mol. The van der Waals surface area contributed by atoms with Crippen molar-refractivity contribution in [2.75, 3.05) is 4.72 Å². The number of anilines is 1. The molecule has 2 aromatic carbocycles. The zero-order valence-electron chi connectivity index (χ0n) is 11.4. The quantitative estimate of drug-likeness (QED) is 0.910. The molecule has 5 heteroatoms. The molecule has 0 fully saturated rings. The van der Waals surface area contributed by atoms with E-state index in [0.717, 1.165) is 5.56 Å². The summed E-state index contributed by atoms with van der Waals surface area (Å²) in [7, 11) is -3.64. The molecule has 4 nitrogen and oxygen atoms in total. The first-order chi connectivity index (χ1) is 9.38. The third-order valence-corrected chi connectivity index (χ3v) is 4.33. The summed E-state index contributed by atoms with van der Waals surface area (Å²) in [4.78, 5) is 0.136. The molecular formula is C15H17NO3S. The van der Waals surface area contributed by atoms with Gasteiger partial charge in [-0.15, -0.1) is 0 Å². The fourth-order valence-electron chi connectivity index (χ4n) is 1.78. The molecule has 0 aromatic heterocycles. The minimum absolute atomic E-state index is 0.136. The van der Waals surface area contributed by atoms with Crippen LogP contribution in [0, 0.1) is 6.92 Å². The fourth-order valence-corrected chi connectivity index (χ4v) is 2.89. The van der Waals surface area contributed by atoms with Gasteiger partial charge in [-0.1, -0.05) is 29.8 Å². The Bertz CT molecular complexity index is 691. The Morgan fingerprint density at radius 3 is 2.35 bits per heavy atom. The average molecular weight is 291 g/mol. The van der Waals surface area contributed by atoms with Crippen molar-refractivity contribution >= 4 is 15.7 Å². The Labute approximate surface area is 119 Å². The van der Waals surface area contributed by atoms with Gasteiger partial charge in [0.15, 0.2) is 0 Å². The van der Waals surface area contributed by atoms with Crippen LogP contribution < -0.4 is 4.72 Å². The van der Waals surface area contributed by atoms with Gasteiger partial charge < -0.3 is 5.11 Å². The minimum atomic E-state index is -3.64. The largest absolute Gasteiger partial charge is 0.389 e. The smallest absolute Gasteiger partial charge is 0.261 e. The van der Waals surface area contributed by atoms with E-state index in [1.54, 1.807) is 31.2 Å². The normalized spacial score (nSPS) is 12.9. The molecule has 0 saturated carbocycles. The van der Waals surface area contributed by atoms with Gasteiger partial charge in [0.2, 0.25) is 0 Å². The highest BCUT2D eigenvalue weighted by Gasteiger charge is 2.15. The minimum Gasteiger partial charge on any atom is -0.389 e. The lowest BCUT2D eigenvalue weighted by molar-refractivity contribution is 0.199. The zero-order chi connectivity index (χ0) is 14.8. The van der Waals surface area contributed by atoms with E-state index in [0.29, 0.717) is 11.3 Å². The number of hydrogen-bond acceptors (Lipinski definition) is 3. The Hall–Kier alpha value is -1.85. The van der Waals surface area contributed by atoms with Gasteiger partial charge in [-0.25, -0.2) is 8.42 Å². The SMILES string of the molecule is Cc1ccc(NS(=O)(=O)c2cccc(C(C)O)c2)cc1. The summed E-state index contributed by atoms with van der Waals surface area (Å²) in [5, 5.41) is 9.52. The maximum absolute atomic E-state index is 12.3. The van der Waals surface area contributed by atoms with Gasteiger partial charge in [0.05, 0.1) is 11.0 Å².